The van der Waals surface area contributed by atoms with E-state index in [2.05, 4.69) is 33.0 Å². The Morgan fingerprint density at radius 1 is 0.700 bits per heavy atom. The first-order chi connectivity index (χ1) is 8.83. The Bertz CT molecular complexity index is 199. The minimum absolute atomic E-state index is 0. The molecular weight excluding hydrogens is 274 g/mol. The minimum Gasteiger partial charge on any atom is -0.396 e. The normalized spacial score (nSPS) is 12.3. The molecule has 0 heterocycles. The van der Waals surface area contributed by atoms with Gasteiger partial charge in [-0.2, -0.15) is 0 Å². The minimum atomic E-state index is 0. The standard InChI is InChI=1S/C16H35NO2.ClH/c1-15(2,13-18)9-5-7-11-17-12-8-6-10-16(3,4)14-19;/h17-19H,5-14H2,1-4H3;1H. The summed E-state index contributed by atoms with van der Waals surface area (Å²) < 4.78 is 0. The molecule has 3 N–H and O–H groups in total. The van der Waals surface area contributed by atoms with Gasteiger partial charge in [-0.3, -0.25) is 0 Å². The highest BCUT2D eigenvalue weighted by Crippen LogP contribution is 2.22. The van der Waals surface area contributed by atoms with E-state index in [9.17, 15) is 0 Å². The summed E-state index contributed by atoms with van der Waals surface area (Å²) in [5, 5.41) is 21.8. The number of aliphatic hydroxyl groups excluding tert-OH is 2. The molecule has 124 valence electrons. The fourth-order valence-electron chi connectivity index (χ4n) is 1.99. The summed E-state index contributed by atoms with van der Waals surface area (Å²) in [7, 11) is 0. The first-order valence-electron chi connectivity index (χ1n) is 7.75. The number of unbranched alkanes of at least 4 members (excludes halogenated alkanes) is 2. The Morgan fingerprint density at radius 2 is 1.05 bits per heavy atom. The maximum absolute atomic E-state index is 9.15. The largest absolute Gasteiger partial charge is 0.396 e. The van der Waals surface area contributed by atoms with E-state index in [0.29, 0.717) is 0 Å². The smallest absolute Gasteiger partial charge is 0.0482 e. The molecule has 0 bridgehead atoms. The molecule has 20 heavy (non-hydrogen) atoms. The highest BCUT2D eigenvalue weighted by atomic mass is 35.5. The molecule has 0 amide bonds. The molecule has 0 aliphatic heterocycles. The van der Waals surface area contributed by atoms with Crippen LogP contribution in [0.15, 0.2) is 0 Å². The van der Waals surface area contributed by atoms with E-state index in [0.717, 1.165) is 25.9 Å². The first-order valence-corrected chi connectivity index (χ1v) is 7.75. The van der Waals surface area contributed by atoms with E-state index in [1.807, 2.05) is 0 Å². The van der Waals surface area contributed by atoms with Crippen LogP contribution in [0.1, 0.15) is 66.2 Å². The van der Waals surface area contributed by atoms with E-state index < -0.39 is 0 Å². The average Bonchev–Trinajstić information content (AvgIpc) is 2.36. The Hall–Kier alpha value is 0.170. The second-order valence-corrected chi connectivity index (χ2v) is 7.31. The zero-order chi connectivity index (χ0) is 14.8. The number of rotatable bonds is 12. The number of halogens is 1. The number of hydrogen-bond acceptors (Lipinski definition) is 3. The van der Waals surface area contributed by atoms with E-state index in [1.54, 1.807) is 0 Å². The molecule has 0 aromatic rings. The summed E-state index contributed by atoms with van der Waals surface area (Å²) >= 11 is 0. The molecule has 0 aliphatic rings. The van der Waals surface area contributed by atoms with Gasteiger partial charge < -0.3 is 15.5 Å². The molecule has 0 atom stereocenters. The molecule has 0 saturated heterocycles. The van der Waals surface area contributed by atoms with Gasteiger partial charge >= 0.3 is 0 Å². The van der Waals surface area contributed by atoms with Crippen molar-refractivity contribution in [1.82, 2.24) is 5.32 Å². The van der Waals surface area contributed by atoms with Crippen molar-refractivity contribution in [2.75, 3.05) is 26.3 Å². The lowest BCUT2D eigenvalue weighted by Gasteiger charge is -2.21. The van der Waals surface area contributed by atoms with Crippen molar-refractivity contribution >= 4 is 12.4 Å². The van der Waals surface area contributed by atoms with Gasteiger partial charge in [0, 0.05) is 13.2 Å². The number of nitrogens with one attached hydrogen (secondary N) is 1. The van der Waals surface area contributed by atoms with Gasteiger partial charge in [0.2, 0.25) is 0 Å². The maximum atomic E-state index is 9.15. The van der Waals surface area contributed by atoms with Crippen LogP contribution >= 0.6 is 12.4 Å². The summed E-state index contributed by atoms with van der Waals surface area (Å²) in [4.78, 5) is 0. The second kappa shape index (κ2) is 11.8. The molecule has 0 saturated carbocycles. The van der Waals surface area contributed by atoms with Gasteiger partial charge in [0.1, 0.15) is 0 Å². The van der Waals surface area contributed by atoms with Crippen molar-refractivity contribution in [2.45, 2.75) is 66.2 Å². The van der Waals surface area contributed by atoms with Crippen LogP contribution in [0.2, 0.25) is 0 Å². The van der Waals surface area contributed by atoms with Crippen molar-refractivity contribution in [1.29, 1.82) is 0 Å². The third-order valence-electron chi connectivity index (χ3n) is 3.77. The lowest BCUT2D eigenvalue weighted by atomic mass is 9.88. The maximum Gasteiger partial charge on any atom is 0.0482 e. The third kappa shape index (κ3) is 13.2. The topological polar surface area (TPSA) is 52.5 Å². The monoisotopic (exact) mass is 309 g/mol. The highest BCUT2D eigenvalue weighted by Gasteiger charge is 2.15. The first kappa shape index (κ1) is 22.5. The van der Waals surface area contributed by atoms with Gasteiger partial charge in [0.15, 0.2) is 0 Å². The molecule has 3 nitrogen and oxygen atoms in total. The number of hydrogen-bond donors (Lipinski definition) is 3. The van der Waals surface area contributed by atoms with Crippen LogP contribution in [-0.4, -0.2) is 36.5 Å². The summed E-state index contributed by atoms with van der Waals surface area (Å²) in [6, 6.07) is 0. The van der Waals surface area contributed by atoms with Gasteiger partial charge in [-0.25, -0.2) is 0 Å². The summed E-state index contributed by atoms with van der Waals surface area (Å²) in [6.45, 7) is 11.2. The van der Waals surface area contributed by atoms with Crippen LogP contribution in [-0.2, 0) is 0 Å². The lowest BCUT2D eigenvalue weighted by molar-refractivity contribution is 0.146. The molecule has 4 heteroatoms. The number of aliphatic hydroxyl groups is 2. The fraction of sp³-hybridized carbons (Fsp3) is 1.00. The van der Waals surface area contributed by atoms with Crippen LogP contribution in [0.5, 0.6) is 0 Å². The molecule has 0 radical (unpaired) electrons. The molecule has 0 unspecified atom stereocenters. The van der Waals surface area contributed by atoms with Gasteiger partial charge in [-0.05, 0) is 49.6 Å². The zero-order valence-electron chi connectivity index (χ0n) is 13.9. The SMILES string of the molecule is CC(C)(CO)CCCCNCCCCC(C)(C)CO.Cl. The lowest BCUT2D eigenvalue weighted by Crippen LogP contribution is -2.20. The van der Waals surface area contributed by atoms with Crippen LogP contribution < -0.4 is 5.32 Å². The third-order valence-corrected chi connectivity index (χ3v) is 3.77. The summed E-state index contributed by atoms with van der Waals surface area (Å²) in [5.74, 6) is 0. The molecule has 0 aromatic heterocycles. The molecule has 0 aromatic carbocycles. The zero-order valence-corrected chi connectivity index (χ0v) is 14.7. The van der Waals surface area contributed by atoms with Crippen LogP contribution in [0, 0.1) is 10.8 Å². The Labute approximate surface area is 132 Å². The predicted molar refractivity (Wildman–Crippen MR) is 89.6 cm³/mol. The summed E-state index contributed by atoms with van der Waals surface area (Å²) in [6.07, 6.45) is 6.92. The molecule has 0 fully saturated rings. The predicted octanol–water partition coefficient (Wildman–Crippen LogP) is 3.38. The Balaban J connectivity index is 0. The molecule has 0 spiro atoms. The van der Waals surface area contributed by atoms with E-state index in [-0.39, 0.29) is 36.5 Å². The quantitative estimate of drug-likeness (QED) is 0.484. The van der Waals surface area contributed by atoms with Crippen molar-refractivity contribution in [2.24, 2.45) is 10.8 Å². The molecule has 0 aliphatic carbocycles. The second-order valence-electron chi connectivity index (χ2n) is 7.31. The van der Waals surface area contributed by atoms with Crippen LogP contribution in [0.25, 0.3) is 0 Å². The van der Waals surface area contributed by atoms with Gasteiger partial charge in [-0.15, -0.1) is 12.4 Å². The van der Waals surface area contributed by atoms with Gasteiger partial charge in [0.25, 0.3) is 0 Å². The average molecular weight is 310 g/mol. The van der Waals surface area contributed by atoms with E-state index >= 15 is 0 Å². The van der Waals surface area contributed by atoms with Crippen molar-refractivity contribution in [3.05, 3.63) is 0 Å². The van der Waals surface area contributed by atoms with Crippen molar-refractivity contribution in [3.63, 3.8) is 0 Å². The van der Waals surface area contributed by atoms with Gasteiger partial charge in [-0.1, -0.05) is 40.5 Å². The Morgan fingerprint density at radius 3 is 1.35 bits per heavy atom. The van der Waals surface area contributed by atoms with Crippen LogP contribution in [0.3, 0.4) is 0 Å². The van der Waals surface area contributed by atoms with Crippen molar-refractivity contribution in [3.8, 4) is 0 Å². The molecule has 0 rings (SSSR count). The molecular formula is C16H36ClNO2. The van der Waals surface area contributed by atoms with Crippen molar-refractivity contribution < 1.29 is 10.2 Å². The fourth-order valence-corrected chi connectivity index (χ4v) is 1.99. The van der Waals surface area contributed by atoms with E-state index in [4.69, 9.17) is 10.2 Å². The summed E-state index contributed by atoms with van der Waals surface area (Å²) in [5.41, 5.74) is 0.158. The Kier molecular flexibility index (Phi) is 13.2. The highest BCUT2D eigenvalue weighted by molar-refractivity contribution is 5.85. The van der Waals surface area contributed by atoms with Gasteiger partial charge in [0.05, 0.1) is 0 Å². The van der Waals surface area contributed by atoms with E-state index in [1.165, 1.54) is 25.7 Å². The van der Waals surface area contributed by atoms with Crippen LogP contribution in [0.4, 0.5) is 0 Å².